The zero-order chi connectivity index (χ0) is 17.2. The molecule has 2 saturated carbocycles. The molecule has 3 heteroatoms. The summed E-state index contributed by atoms with van der Waals surface area (Å²) in [5, 5.41) is 11.4. The third-order valence-corrected chi connectivity index (χ3v) is 9.98. The van der Waals surface area contributed by atoms with Gasteiger partial charge in [-0.1, -0.05) is 64.1 Å². The first-order valence-electron chi connectivity index (χ1n) is 9.56. The summed E-state index contributed by atoms with van der Waals surface area (Å²) in [4.78, 5) is 0. The largest absolute Gasteiger partial charge is 0.365 e. The molecule has 3 rings (SSSR count). The Morgan fingerprint density at radius 3 is 2.48 bits per heavy atom. The molecule has 2 nitrogen and oxygen atoms in total. The van der Waals surface area contributed by atoms with E-state index in [1.165, 1.54) is 17.3 Å². The number of hydrogen-bond acceptors (Lipinski definition) is 2. The van der Waals surface area contributed by atoms with Crippen LogP contribution < -0.4 is 0 Å². The van der Waals surface area contributed by atoms with Gasteiger partial charge in [-0.15, -0.1) is 0 Å². The number of alkyl halides is 1. The van der Waals surface area contributed by atoms with Crippen molar-refractivity contribution in [3.8, 4) is 0 Å². The van der Waals surface area contributed by atoms with Crippen LogP contribution >= 0.6 is 22.6 Å². The summed E-state index contributed by atoms with van der Waals surface area (Å²) in [6, 6.07) is 0. The Morgan fingerprint density at radius 2 is 1.87 bits per heavy atom. The van der Waals surface area contributed by atoms with Crippen molar-refractivity contribution < 1.29 is 9.84 Å². The first-order chi connectivity index (χ1) is 10.6. The van der Waals surface area contributed by atoms with E-state index in [4.69, 9.17) is 4.74 Å². The second-order valence-electron chi connectivity index (χ2n) is 9.59. The van der Waals surface area contributed by atoms with Crippen LogP contribution in [0.5, 0.6) is 0 Å². The van der Waals surface area contributed by atoms with Crippen molar-refractivity contribution in [3.05, 3.63) is 0 Å². The van der Waals surface area contributed by atoms with E-state index in [1.807, 2.05) is 0 Å². The van der Waals surface area contributed by atoms with E-state index >= 15 is 0 Å². The number of aliphatic hydroxyl groups is 1. The molecule has 1 N–H and O–H groups in total. The molecule has 0 aromatic heterocycles. The van der Waals surface area contributed by atoms with E-state index < -0.39 is 5.79 Å². The molecule has 0 aromatic rings. The topological polar surface area (TPSA) is 29.5 Å². The Labute approximate surface area is 156 Å². The summed E-state index contributed by atoms with van der Waals surface area (Å²) in [6.07, 6.45) is 4.67. The quantitative estimate of drug-likeness (QED) is 0.483. The Hall–Kier alpha value is 0.650. The molecule has 3 fully saturated rings. The SMILES string of the molecule is CC1CC(C)[C@]2(C)[C@H]3[C@H](C)[C@@H](CC[C@@H](C)CI)O[C@@]3(O)C[C@@]12C. The summed E-state index contributed by atoms with van der Waals surface area (Å²) in [7, 11) is 0. The molecule has 1 aliphatic heterocycles. The monoisotopic (exact) mass is 434 g/mol. The highest BCUT2D eigenvalue weighted by molar-refractivity contribution is 14.1. The molecule has 0 radical (unpaired) electrons. The van der Waals surface area contributed by atoms with Crippen molar-refractivity contribution in [1.82, 2.24) is 0 Å². The number of ether oxygens (including phenoxy) is 1. The van der Waals surface area contributed by atoms with Crippen LogP contribution in [0.1, 0.15) is 67.2 Å². The molecule has 0 aromatic carbocycles. The fourth-order valence-electron chi connectivity index (χ4n) is 6.76. The summed E-state index contributed by atoms with van der Waals surface area (Å²) < 4.78 is 7.60. The molecule has 0 amide bonds. The minimum atomic E-state index is -0.885. The Kier molecular flexibility index (Phi) is 4.68. The molecule has 9 atom stereocenters. The van der Waals surface area contributed by atoms with E-state index in [-0.39, 0.29) is 16.9 Å². The second-order valence-corrected chi connectivity index (χ2v) is 10.5. The Balaban J connectivity index is 1.85. The number of hydrogen-bond donors (Lipinski definition) is 1. The summed E-state index contributed by atoms with van der Waals surface area (Å²) in [6.45, 7) is 14.3. The van der Waals surface area contributed by atoms with Crippen molar-refractivity contribution in [2.45, 2.75) is 79.1 Å². The van der Waals surface area contributed by atoms with Crippen molar-refractivity contribution in [2.75, 3.05) is 4.43 Å². The van der Waals surface area contributed by atoms with Gasteiger partial charge < -0.3 is 9.84 Å². The van der Waals surface area contributed by atoms with E-state index in [0.717, 1.165) is 18.8 Å². The van der Waals surface area contributed by atoms with Crippen LogP contribution in [0.4, 0.5) is 0 Å². The van der Waals surface area contributed by atoms with Crippen LogP contribution in [-0.2, 0) is 4.74 Å². The van der Waals surface area contributed by atoms with Gasteiger partial charge in [0.1, 0.15) is 0 Å². The van der Waals surface area contributed by atoms with Gasteiger partial charge in [0.25, 0.3) is 0 Å². The molecule has 2 unspecified atom stereocenters. The maximum absolute atomic E-state index is 11.4. The Bertz CT molecular complexity index is 469. The predicted octanol–water partition coefficient (Wildman–Crippen LogP) is 5.27. The maximum atomic E-state index is 11.4. The van der Waals surface area contributed by atoms with Crippen molar-refractivity contribution >= 4 is 22.6 Å². The molecule has 2 aliphatic carbocycles. The lowest BCUT2D eigenvalue weighted by Crippen LogP contribution is -2.42. The minimum Gasteiger partial charge on any atom is -0.365 e. The predicted molar refractivity (Wildman–Crippen MR) is 104 cm³/mol. The van der Waals surface area contributed by atoms with Crippen molar-refractivity contribution in [1.29, 1.82) is 0 Å². The van der Waals surface area contributed by atoms with Crippen LogP contribution in [0.15, 0.2) is 0 Å². The molecule has 23 heavy (non-hydrogen) atoms. The van der Waals surface area contributed by atoms with Gasteiger partial charge in [-0.3, -0.25) is 0 Å². The summed E-state index contributed by atoms with van der Waals surface area (Å²) >= 11 is 2.47. The molecule has 1 saturated heterocycles. The van der Waals surface area contributed by atoms with Crippen molar-refractivity contribution in [3.63, 3.8) is 0 Å². The smallest absolute Gasteiger partial charge is 0.170 e. The van der Waals surface area contributed by atoms with E-state index in [0.29, 0.717) is 23.7 Å². The average Bonchev–Trinajstić information content (AvgIpc) is 2.90. The molecular weight excluding hydrogens is 399 g/mol. The maximum Gasteiger partial charge on any atom is 0.170 e. The van der Waals surface area contributed by atoms with Gasteiger partial charge in [0.05, 0.1) is 6.10 Å². The minimum absolute atomic E-state index is 0.199. The number of halogens is 1. The lowest BCUT2D eigenvalue weighted by molar-refractivity contribution is -0.212. The average molecular weight is 434 g/mol. The van der Waals surface area contributed by atoms with Crippen LogP contribution in [0.25, 0.3) is 0 Å². The highest BCUT2D eigenvalue weighted by Crippen LogP contribution is 2.75. The van der Waals surface area contributed by atoms with Gasteiger partial charge in [-0.05, 0) is 53.8 Å². The molecule has 134 valence electrons. The van der Waals surface area contributed by atoms with E-state index in [9.17, 15) is 5.11 Å². The molecule has 3 aliphatic rings. The van der Waals surface area contributed by atoms with Crippen LogP contribution in [0, 0.1) is 40.4 Å². The lowest BCUT2D eigenvalue weighted by atomic mass is 9.59. The first kappa shape index (κ1) is 18.4. The number of fused-ring (bicyclic) bond motifs is 3. The zero-order valence-electron chi connectivity index (χ0n) is 15.7. The standard InChI is InChI=1S/C20H35IO2/c1-12(10-21)7-8-16-15(4)17-19(6)14(3)9-13(2)18(19,5)11-20(17,22)23-16/h12-17,22H,7-11H2,1-6H3/t12-,13?,14?,15-,16-,17-,18+,19-,20+/m1/s1. The van der Waals surface area contributed by atoms with E-state index in [2.05, 4.69) is 64.1 Å². The van der Waals surface area contributed by atoms with Gasteiger partial charge in [-0.2, -0.15) is 0 Å². The number of rotatable bonds is 4. The molecular formula is C20H35IO2. The highest BCUT2D eigenvalue weighted by atomic mass is 127. The normalized spacial score (nSPS) is 56.6. The lowest BCUT2D eigenvalue weighted by Gasteiger charge is -2.44. The molecule has 0 bridgehead atoms. The van der Waals surface area contributed by atoms with Crippen molar-refractivity contribution in [2.24, 2.45) is 40.4 Å². The van der Waals surface area contributed by atoms with Crippen LogP contribution in [0.3, 0.4) is 0 Å². The van der Waals surface area contributed by atoms with Gasteiger partial charge >= 0.3 is 0 Å². The Morgan fingerprint density at radius 1 is 1.22 bits per heavy atom. The molecule has 0 spiro atoms. The van der Waals surface area contributed by atoms with Gasteiger partial charge in [0.2, 0.25) is 0 Å². The van der Waals surface area contributed by atoms with E-state index in [1.54, 1.807) is 0 Å². The van der Waals surface area contributed by atoms with Gasteiger partial charge in [0, 0.05) is 16.8 Å². The van der Waals surface area contributed by atoms with Crippen LogP contribution in [0.2, 0.25) is 0 Å². The molecule has 1 heterocycles. The fraction of sp³-hybridized carbons (Fsp3) is 1.00. The zero-order valence-corrected chi connectivity index (χ0v) is 17.9. The summed E-state index contributed by atoms with van der Waals surface area (Å²) in [5.41, 5.74) is 0.408. The van der Waals surface area contributed by atoms with Crippen LogP contribution in [-0.4, -0.2) is 21.4 Å². The highest BCUT2D eigenvalue weighted by Gasteiger charge is 2.75. The third-order valence-electron chi connectivity index (χ3n) is 8.48. The summed E-state index contributed by atoms with van der Waals surface area (Å²) in [5.74, 6) is 1.95. The van der Waals surface area contributed by atoms with Gasteiger partial charge in [0.15, 0.2) is 5.79 Å². The third kappa shape index (κ3) is 2.38. The van der Waals surface area contributed by atoms with Gasteiger partial charge in [-0.25, -0.2) is 0 Å². The second kappa shape index (κ2) is 5.84. The first-order valence-corrected chi connectivity index (χ1v) is 11.1. The fourth-order valence-corrected chi connectivity index (χ4v) is 7.20.